The Kier molecular flexibility index (Phi) is 5.16. The van der Waals surface area contributed by atoms with Crippen molar-refractivity contribution in [3.05, 3.63) is 28.2 Å². The maximum absolute atomic E-state index is 13.5. The third-order valence-electron chi connectivity index (χ3n) is 3.59. The van der Waals surface area contributed by atoms with Crippen molar-refractivity contribution >= 4 is 15.9 Å². The minimum absolute atomic E-state index is 0.0228. The van der Waals surface area contributed by atoms with E-state index in [4.69, 9.17) is 4.74 Å². The molecule has 1 unspecified atom stereocenters. The molecule has 1 saturated heterocycles. The fourth-order valence-electron chi connectivity index (χ4n) is 2.45. The first-order valence-corrected chi connectivity index (χ1v) is 7.35. The maximum atomic E-state index is 13.5. The van der Waals surface area contributed by atoms with E-state index >= 15 is 0 Å². The van der Waals surface area contributed by atoms with Crippen LogP contribution in [0, 0.1) is 11.6 Å². The van der Waals surface area contributed by atoms with E-state index in [2.05, 4.69) is 27.9 Å². The van der Waals surface area contributed by atoms with Crippen molar-refractivity contribution in [2.24, 2.45) is 0 Å². The molecule has 2 rings (SSSR count). The van der Waals surface area contributed by atoms with Crippen LogP contribution >= 0.6 is 15.9 Å². The van der Waals surface area contributed by atoms with Crippen molar-refractivity contribution in [3.8, 4) is 5.75 Å². The lowest BCUT2D eigenvalue weighted by Crippen LogP contribution is -2.37. The van der Waals surface area contributed by atoms with Gasteiger partial charge in [-0.2, -0.15) is 4.39 Å². The van der Waals surface area contributed by atoms with Crippen LogP contribution in [0.5, 0.6) is 5.75 Å². The maximum Gasteiger partial charge on any atom is 0.200 e. The smallest absolute Gasteiger partial charge is 0.200 e. The van der Waals surface area contributed by atoms with Gasteiger partial charge in [0.05, 0.1) is 6.61 Å². The van der Waals surface area contributed by atoms with Crippen LogP contribution in [-0.4, -0.2) is 31.1 Å². The molecule has 0 N–H and O–H groups in total. The van der Waals surface area contributed by atoms with Crippen LogP contribution in [0.1, 0.15) is 25.7 Å². The summed E-state index contributed by atoms with van der Waals surface area (Å²) in [7, 11) is 2.10. The summed E-state index contributed by atoms with van der Waals surface area (Å²) in [6, 6.07) is 3.04. The highest BCUT2D eigenvalue weighted by Crippen LogP contribution is 2.26. The highest BCUT2D eigenvalue weighted by atomic mass is 79.9. The summed E-state index contributed by atoms with van der Waals surface area (Å²) in [6.45, 7) is 1.51. The summed E-state index contributed by atoms with van der Waals surface area (Å²) in [5.74, 6) is -1.83. The van der Waals surface area contributed by atoms with E-state index in [0.717, 1.165) is 25.5 Å². The van der Waals surface area contributed by atoms with E-state index < -0.39 is 11.6 Å². The van der Waals surface area contributed by atoms with Crippen LogP contribution in [0.4, 0.5) is 8.78 Å². The number of likely N-dealkylation sites (tertiary alicyclic amines) is 1. The number of ether oxygens (including phenoxy) is 1. The fourth-order valence-corrected chi connectivity index (χ4v) is 2.86. The molecule has 0 spiro atoms. The van der Waals surface area contributed by atoms with Gasteiger partial charge in [0, 0.05) is 10.5 Å². The molecule has 5 heteroatoms. The summed E-state index contributed by atoms with van der Waals surface area (Å²) in [6.07, 6.45) is 4.45. The van der Waals surface area contributed by atoms with Crippen molar-refractivity contribution < 1.29 is 13.5 Å². The minimum atomic E-state index is -0.916. The number of halogens is 3. The quantitative estimate of drug-likeness (QED) is 0.773. The summed E-state index contributed by atoms with van der Waals surface area (Å²) in [5.41, 5.74) is 0. The Morgan fingerprint density at radius 2 is 2.16 bits per heavy atom. The zero-order chi connectivity index (χ0) is 13.8. The number of piperidine rings is 1. The molecular formula is C14H18BrF2NO. The number of hydrogen-bond donors (Lipinski definition) is 0. The Labute approximate surface area is 120 Å². The van der Waals surface area contributed by atoms with Crippen molar-refractivity contribution in [2.75, 3.05) is 20.2 Å². The van der Waals surface area contributed by atoms with Crippen LogP contribution in [0.2, 0.25) is 0 Å². The molecule has 1 aliphatic rings. The van der Waals surface area contributed by atoms with Crippen molar-refractivity contribution in [1.29, 1.82) is 0 Å². The zero-order valence-electron chi connectivity index (χ0n) is 11.0. The fraction of sp³-hybridized carbons (Fsp3) is 0.571. The Balaban J connectivity index is 1.88. The Bertz CT molecular complexity index is 442. The number of rotatable bonds is 4. The SMILES string of the molecule is CN1CCCCC1CCOc1cc(Br)cc(F)c1F. The molecule has 0 amide bonds. The molecule has 1 aliphatic heterocycles. The van der Waals surface area contributed by atoms with Gasteiger partial charge in [-0.1, -0.05) is 22.4 Å². The van der Waals surface area contributed by atoms with E-state index in [1.807, 2.05) is 0 Å². The molecule has 0 aliphatic carbocycles. The molecule has 0 radical (unpaired) electrons. The van der Waals surface area contributed by atoms with Gasteiger partial charge >= 0.3 is 0 Å². The number of nitrogens with zero attached hydrogens (tertiary/aromatic N) is 1. The second kappa shape index (κ2) is 6.66. The number of benzene rings is 1. The Morgan fingerprint density at radius 1 is 1.37 bits per heavy atom. The molecule has 1 aromatic carbocycles. The first-order chi connectivity index (χ1) is 9.08. The van der Waals surface area contributed by atoms with Gasteiger partial charge in [-0.3, -0.25) is 0 Å². The molecule has 1 aromatic rings. The molecule has 1 atom stereocenters. The Morgan fingerprint density at radius 3 is 2.89 bits per heavy atom. The predicted molar refractivity (Wildman–Crippen MR) is 74.4 cm³/mol. The third-order valence-corrected chi connectivity index (χ3v) is 4.05. The van der Waals surface area contributed by atoms with E-state index in [1.54, 1.807) is 0 Å². The molecule has 19 heavy (non-hydrogen) atoms. The van der Waals surface area contributed by atoms with Gasteiger partial charge in [0.1, 0.15) is 0 Å². The molecule has 2 nitrogen and oxygen atoms in total. The molecule has 0 bridgehead atoms. The predicted octanol–water partition coefficient (Wildman–Crippen LogP) is 3.98. The second-order valence-electron chi connectivity index (χ2n) is 4.97. The van der Waals surface area contributed by atoms with Gasteiger partial charge in [0.25, 0.3) is 0 Å². The first kappa shape index (κ1) is 14.7. The topological polar surface area (TPSA) is 12.5 Å². The standard InChI is InChI=1S/C14H18BrF2NO/c1-18-6-3-2-4-11(18)5-7-19-13-9-10(15)8-12(16)14(13)17/h8-9,11H,2-7H2,1H3. The van der Waals surface area contributed by atoms with Gasteiger partial charge in [0.15, 0.2) is 11.6 Å². The minimum Gasteiger partial charge on any atom is -0.490 e. The first-order valence-electron chi connectivity index (χ1n) is 6.55. The van der Waals surface area contributed by atoms with Gasteiger partial charge in [-0.05, 0) is 45.0 Å². The Hall–Kier alpha value is -0.680. The summed E-state index contributed by atoms with van der Waals surface area (Å²) < 4.78 is 32.5. The van der Waals surface area contributed by atoms with Crippen LogP contribution in [0.25, 0.3) is 0 Å². The van der Waals surface area contributed by atoms with Crippen molar-refractivity contribution in [1.82, 2.24) is 4.90 Å². The van der Waals surface area contributed by atoms with Gasteiger partial charge in [-0.25, -0.2) is 4.39 Å². The molecule has 1 heterocycles. The van der Waals surface area contributed by atoms with Gasteiger partial charge < -0.3 is 9.64 Å². The highest BCUT2D eigenvalue weighted by molar-refractivity contribution is 9.10. The van der Waals surface area contributed by atoms with Gasteiger partial charge in [0.2, 0.25) is 5.82 Å². The normalized spacial score (nSPS) is 20.5. The van der Waals surface area contributed by atoms with Crippen molar-refractivity contribution in [2.45, 2.75) is 31.7 Å². The molecule has 1 fully saturated rings. The third kappa shape index (κ3) is 3.89. The zero-order valence-corrected chi connectivity index (χ0v) is 12.6. The van der Waals surface area contributed by atoms with E-state index in [-0.39, 0.29) is 5.75 Å². The lowest BCUT2D eigenvalue weighted by atomic mass is 10.0. The average molecular weight is 334 g/mol. The highest BCUT2D eigenvalue weighted by Gasteiger charge is 2.19. The molecule has 0 aromatic heterocycles. The molecule has 0 saturated carbocycles. The summed E-state index contributed by atoms with van der Waals surface area (Å²) in [4.78, 5) is 2.31. The lowest BCUT2D eigenvalue weighted by molar-refractivity contribution is 0.151. The largest absolute Gasteiger partial charge is 0.490 e. The van der Waals surface area contributed by atoms with Crippen LogP contribution in [-0.2, 0) is 0 Å². The summed E-state index contributed by atoms with van der Waals surface area (Å²) >= 11 is 3.13. The van der Waals surface area contributed by atoms with Crippen LogP contribution < -0.4 is 4.74 Å². The average Bonchev–Trinajstić information content (AvgIpc) is 2.37. The van der Waals surface area contributed by atoms with E-state index in [9.17, 15) is 8.78 Å². The van der Waals surface area contributed by atoms with Crippen molar-refractivity contribution in [3.63, 3.8) is 0 Å². The van der Waals surface area contributed by atoms with E-state index in [0.29, 0.717) is 17.1 Å². The second-order valence-corrected chi connectivity index (χ2v) is 5.88. The van der Waals surface area contributed by atoms with E-state index in [1.165, 1.54) is 18.9 Å². The monoisotopic (exact) mass is 333 g/mol. The van der Waals surface area contributed by atoms with Crippen LogP contribution in [0.3, 0.4) is 0 Å². The summed E-state index contributed by atoms with van der Waals surface area (Å²) in [5, 5.41) is 0. The number of hydrogen-bond acceptors (Lipinski definition) is 2. The lowest BCUT2D eigenvalue weighted by Gasteiger charge is -2.32. The van der Waals surface area contributed by atoms with Gasteiger partial charge in [-0.15, -0.1) is 0 Å². The molecule has 106 valence electrons. The van der Waals surface area contributed by atoms with Crippen LogP contribution in [0.15, 0.2) is 16.6 Å². The molecular weight excluding hydrogens is 316 g/mol.